The summed E-state index contributed by atoms with van der Waals surface area (Å²) < 4.78 is 16.8. The highest BCUT2D eigenvalue weighted by Crippen LogP contribution is 2.17. The van der Waals surface area contributed by atoms with Gasteiger partial charge in [-0.1, -0.05) is 250 Å². The van der Waals surface area contributed by atoms with Crippen molar-refractivity contribution < 1.29 is 28.6 Å². The molecule has 0 saturated heterocycles. The molecule has 0 saturated carbocycles. The van der Waals surface area contributed by atoms with Gasteiger partial charge in [0, 0.05) is 19.3 Å². The minimum Gasteiger partial charge on any atom is -0.462 e. The molecule has 0 heterocycles. The molecular formula is C58H106O6. The number of ether oxygens (including phenoxy) is 3. The smallest absolute Gasteiger partial charge is 0.306 e. The molecule has 0 bridgehead atoms. The van der Waals surface area contributed by atoms with E-state index in [1.807, 2.05) is 0 Å². The van der Waals surface area contributed by atoms with Gasteiger partial charge in [0.15, 0.2) is 6.10 Å². The Balaban J connectivity index is 4.23. The molecule has 0 aromatic heterocycles. The van der Waals surface area contributed by atoms with Crippen molar-refractivity contribution in [1.82, 2.24) is 0 Å². The molecule has 374 valence electrons. The second-order valence-corrected chi connectivity index (χ2v) is 18.8. The molecule has 6 heteroatoms. The van der Waals surface area contributed by atoms with Gasteiger partial charge in [0.2, 0.25) is 0 Å². The van der Waals surface area contributed by atoms with E-state index >= 15 is 0 Å². The molecule has 1 atom stereocenters. The lowest BCUT2D eigenvalue weighted by atomic mass is 10.0. The minimum atomic E-state index is -0.779. The monoisotopic (exact) mass is 899 g/mol. The van der Waals surface area contributed by atoms with Gasteiger partial charge in [-0.05, 0) is 64.2 Å². The van der Waals surface area contributed by atoms with Crippen LogP contribution in [-0.2, 0) is 28.6 Å². The second-order valence-electron chi connectivity index (χ2n) is 18.8. The fourth-order valence-electron chi connectivity index (χ4n) is 8.11. The van der Waals surface area contributed by atoms with E-state index in [4.69, 9.17) is 14.2 Å². The zero-order valence-corrected chi connectivity index (χ0v) is 42.8. The van der Waals surface area contributed by atoms with Gasteiger partial charge in [-0.2, -0.15) is 0 Å². The summed E-state index contributed by atoms with van der Waals surface area (Å²) in [6.45, 7) is 6.55. The summed E-state index contributed by atoms with van der Waals surface area (Å²) in [5.41, 5.74) is 0. The third kappa shape index (κ3) is 50.6. The highest BCUT2D eigenvalue weighted by atomic mass is 16.6. The first-order chi connectivity index (χ1) is 31.5. The maximum Gasteiger partial charge on any atom is 0.306 e. The normalized spacial score (nSPS) is 12.2. The molecule has 0 aliphatic carbocycles. The lowest BCUT2D eigenvalue weighted by molar-refractivity contribution is -0.167. The average molecular weight is 899 g/mol. The number of hydrogen-bond donors (Lipinski definition) is 0. The maximum atomic E-state index is 12.8. The van der Waals surface area contributed by atoms with E-state index in [0.29, 0.717) is 19.3 Å². The Hall–Kier alpha value is -2.37. The molecule has 0 N–H and O–H groups in total. The summed E-state index contributed by atoms with van der Waals surface area (Å²) in [6.07, 6.45) is 62.9. The van der Waals surface area contributed by atoms with Gasteiger partial charge in [-0.25, -0.2) is 0 Å². The summed E-state index contributed by atoms with van der Waals surface area (Å²) >= 11 is 0. The van der Waals surface area contributed by atoms with Crippen molar-refractivity contribution in [2.45, 2.75) is 303 Å². The van der Waals surface area contributed by atoms with Crippen LogP contribution in [0.5, 0.6) is 0 Å². The van der Waals surface area contributed by atoms with E-state index in [1.165, 1.54) is 161 Å². The molecule has 0 aliphatic rings. The molecule has 0 fully saturated rings. The largest absolute Gasteiger partial charge is 0.462 e. The van der Waals surface area contributed by atoms with Crippen LogP contribution < -0.4 is 0 Å². The molecule has 0 amide bonds. The number of carbonyl (C=O) groups is 3. The van der Waals surface area contributed by atoms with Crippen molar-refractivity contribution >= 4 is 17.9 Å². The summed E-state index contributed by atoms with van der Waals surface area (Å²) in [5.74, 6) is -0.890. The number of carbonyl (C=O) groups excluding carboxylic acids is 3. The number of rotatable bonds is 51. The van der Waals surface area contributed by atoms with Crippen molar-refractivity contribution in [3.63, 3.8) is 0 Å². The van der Waals surface area contributed by atoms with E-state index in [0.717, 1.165) is 96.3 Å². The lowest BCUT2D eigenvalue weighted by Gasteiger charge is -2.18. The molecule has 0 rings (SSSR count). The molecule has 0 radical (unpaired) electrons. The second kappa shape index (κ2) is 53.2. The van der Waals surface area contributed by atoms with E-state index in [9.17, 15) is 14.4 Å². The van der Waals surface area contributed by atoms with E-state index < -0.39 is 6.10 Å². The fraction of sp³-hybridized carbons (Fsp3) is 0.845. The predicted molar refractivity (Wildman–Crippen MR) is 275 cm³/mol. The molecule has 0 aliphatic heterocycles. The Kier molecular flexibility index (Phi) is 51.3. The minimum absolute atomic E-state index is 0.0775. The fourth-order valence-corrected chi connectivity index (χ4v) is 8.11. The Morgan fingerprint density at radius 3 is 0.984 bits per heavy atom. The number of esters is 3. The standard InChI is InChI=1S/C58H106O6/c1-4-7-10-13-16-19-22-24-26-27-28-29-30-31-32-33-35-36-39-42-45-48-51-57(60)63-54-55(53-62-56(59)50-47-44-41-38-21-18-15-12-9-6-3)64-58(61)52-49-46-43-40-37-34-25-23-20-17-14-11-8-5-2/h12,14-15,17,23,25,55H,4-11,13,16,18-22,24,26-54H2,1-3H3/b15-12-,17-14-,25-23-. The van der Waals surface area contributed by atoms with Gasteiger partial charge in [0.05, 0.1) is 0 Å². The van der Waals surface area contributed by atoms with Crippen LogP contribution in [0, 0.1) is 0 Å². The van der Waals surface area contributed by atoms with E-state index in [1.54, 1.807) is 0 Å². The van der Waals surface area contributed by atoms with Crippen LogP contribution in [0.15, 0.2) is 36.5 Å². The SMILES string of the molecule is CCC/C=C\CCCCCCCC(=O)OCC(COC(=O)CCCCCCCCCCCCCCCCCCCCCCCC)OC(=O)CCCCCCC/C=C\C/C=C\CCCC. The number of unbranched alkanes of at least 4 members (excludes halogenated alkanes) is 34. The quantitative estimate of drug-likeness (QED) is 0.0262. The maximum absolute atomic E-state index is 12.8. The van der Waals surface area contributed by atoms with Gasteiger partial charge < -0.3 is 14.2 Å². The Labute approximate surface area is 397 Å². The number of allylic oxidation sites excluding steroid dienone is 6. The molecule has 6 nitrogen and oxygen atoms in total. The van der Waals surface area contributed by atoms with Crippen LogP contribution in [0.2, 0.25) is 0 Å². The van der Waals surface area contributed by atoms with E-state index in [2.05, 4.69) is 57.2 Å². The predicted octanol–water partition coefficient (Wildman–Crippen LogP) is 18.5. The zero-order chi connectivity index (χ0) is 46.5. The van der Waals surface area contributed by atoms with Crippen LogP contribution >= 0.6 is 0 Å². The first kappa shape index (κ1) is 61.6. The molecule has 0 spiro atoms. The van der Waals surface area contributed by atoms with Crippen molar-refractivity contribution in [2.24, 2.45) is 0 Å². The van der Waals surface area contributed by atoms with E-state index in [-0.39, 0.29) is 31.1 Å². The highest BCUT2D eigenvalue weighted by molar-refractivity contribution is 5.71. The highest BCUT2D eigenvalue weighted by Gasteiger charge is 2.19. The van der Waals surface area contributed by atoms with Crippen LogP contribution in [0.25, 0.3) is 0 Å². The van der Waals surface area contributed by atoms with Crippen molar-refractivity contribution in [3.05, 3.63) is 36.5 Å². The van der Waals surface area contributed by atoms with Crippen molar-refractivity contribution in [1.29, 1.82) is 0 Å². The van der Waals surface area contributed by atoms with Crippen LogP contribution in [-0.4, -0.2) is 37.2 Å². The topological polar surface area (TPSA) is 78.9 Å². The summed E-state index contributed by atoms with van der Waals surface area (Å²) in [7, 11) is 0. The first-order valence-electron chi connectivity index (χ1n) is 28.0. The van der Waals surface area contributed by atoms with Crippen LogP contribution in [0.1, 0.15) is 297 Å². The van der Waals surface area contributed by atoms with Gasteiger partial charge in [0.1, 0.15) is 13.2 Å². The van der Waals surface area contributed by atoms with Crippen LogP contribution in [0.4, 0.5) is 0 Å². The Bertz CT molecular complexity index is 1080. The van der Waals surface area contributed by atoms with Gasteiger partial charge in [-0.3, -0.25) is 14.4 Å². The Morgan fingerprint density at radius 1 is 0.312 bits per heavy atom. The average Bonchev–Trinajstić information content (AvgIpc) is 3.29. The zero-order valence-electron chi connectivity index (χ0n) is 42.8. The van der Waals surface area contributed by atoms with Crippen molar-refractivity contribution in [3.8, 4) is 0 Å². The molecular weight excluding hydrogens is 793 g/mol. The molecule has 0 aromatic rings. The first-order valence-corrected chi connectivity index (χ1v) is 28.0. The summed E-state index contributed by atoms with van der Waals surface area (Å²) in [6, 6.07) is 0. The summed E-state index contributed by atoms with van der Waals surface area (Å²) in [5, 5.41) is 0. The molecule has 1 unspecified atom stereocenters. The Morgan fingerprint density at radius 2 is 0.609 bits per heavy atom. The number of hydrogen-bond acceptors (Lipinski definition) is 6. The lowest BCUT2D eigenvalue weighted by Crippen LogP contribution is -2.30. The van der Waals surface area contributed by atoms with Gasteiger partial charge >= 0.3 is 17.9 Å². The van der Waals surface area contributed by atoms with Gasteiger partial charge in [0.25, 0.3) is 0 Å². The molecule has 64 heavy (non-hydrogen) atoms. The van der Waals surface area contributed by atoms with Crippen molar-refractivity contribution in [2.75, 3.05) is 13.2 Å². The third-order valence-corrected chi connectivity index (χ3v) is 12.3. The summed E-state index contributed by atoms with van der Waals surface area (Å²) in [4.78, 5) is 38.0. The molecule has 0 aromatic carbocycles. The van der Waals surface area contributed by atoms with Crippen LogP contribution in [0.3, 0.4) is 0 Å². The van der Waals surface area contributed by atoms with Gasteiger partial charge in [-0.15, -0.1) is 0 Å². The third-order valence-electron chi connectivity index (χ3n) is 12.3.